The SMILES string of the molecule is COC(OC(=O)CC(=O)O)OC(=O)CC(=O)O. The smallest absolute Gasteiger partial charge is 0.364 e. The first-order chi connectivity index (χ1) is 7.85. The second-order valence-corrected chi connectivity index (χ2v) is 2.65. The summed E-state index contributed by atoms with van der Waals surface area (Å²) in [5.74, 6) is -5.23. The number of rotatable bonds is 7. The Kier molecular flexibility index (Phi) is 6.26. The summed E-state index contributed by atoms with van der Waals surface area (Å²) in [7, 11) is 1.02. The van der Waals surface area contributed by atoms with E-state index in [0.29, 0.717) is 0 Å². The standard InChI is InChI=1S/C8H10O9/c1-15-8(16-6(13)2-4(9)10)17-7(14)3-5(11)12/h8H,2-3H2,1H3,(H,9,10)(H,11,12). The molecule has 17 heavy (non-hydrogen) atoms. The van der Waals surface area contributed by atoms with Crippen molar-refractivity contribution in [1.82, 2.24) is 0 Å². The highest BCUT2D eigenvalue weighted by atomic mass is 16.9. The molecule has 0 radical (unpaired) electrons. The van der Waals surface area contributed by atoms with Crippen LogP contribution in [0.4, 0.5) is 0 Å². The van der Waals surface area contributed by atoms with Gasteiger partial charge in [0.05, 0.1) is 0 Å². The molecule has 0 aliphatic rings. The van der Waals surface area contributed by atoms with Gasteiger partial charge in [0.1, 0.15) is 12.8 Å². The van der Waals surface area contributed by atoms with E-state index in [9.17, 15) is 19.2 Å². The van der Waals surface area contributed by atoms with Gasteiger partial charge in [-0.15, -0.1) is 0 Å². The maximum Gasteiger partial charge on any atom is 0.364 e. The molecule has 9 nitrogen and oxygen atoms in total. The minimum atomic E-state index is -1.77. The van der Waals surface area contributed by atoms with Crippen LogP contribution in [0.25, 0.3) is 0 Å². The van der Waals surface area contributed by atoms with E-state index in [2.05, 4.69) is 14.2 Å². The molecule has 0 aromatic heterocycles. The fourth-order valence-corrected chi connectivity index (χ4v) is 0.665. The monoisotopic (exact) mass is 250 g/mol. The van der Waals surface area contributed by atoms with Crippen molar-refractivity contribution in [3.05, 3.63) is 0 Å². The normalized spacial score (nSPS) is 9.76. The molecule has 0 atom stereocenters. The molecule has 0 aromatic carbocycles. The number of esters is 2. The van der Waals surface area contributed by atoms with Crippen molar-refractivity contribution in [3.63, 3.8) is 0 Å². The van der Waals surface area contributed by atoms with E-state index in [1.165, 1.54) is 0 Å². The second-order valence-electron chi connectivity index (χ2n) is 2.65. The summed E-state index contributed by atoms with van der Waals surface area (Å²) < 4.78 is 13.0. The highest BCUT2D eigenvalue weighted by Crippen LogP contribution is 2.01. The van der Waals surface area contributed by atoms with Crippen LogP contribution in [0.2, 0.25) is 0 Å². The molecule has 0 aliphatic carbocycles. The van der Waals surface area contributed by atoms with E-state index in [0.717, 1.165) is 7.11 Å². The van der Waals surface area contributed by atoms with Crippen LogP contribution in [0.1, 0.15) is 12.8 Å². The van der Waals surface area contributed by atoms with Crippen LogP contribution < -0.4 is 0 Å². The van der Waals surface area contributed by atoms with Gasteiger partial charge in [-0.2, -0.15) is 0 Å². The number of methoxy groups -OCH3 is 1. The fourth-order valence-electron chi connectivity index (χ4n) is 0.665. The molecule has 0 bridgehead atoms. The van der Waals surface area contributed by atoms with Crippen LogP contribution >= 0.6 is 0 Å². The number of carbonyl (C=O) groups is 4. The molecule has 0 unspecified atom stereocenters. The Morgan fingerprint density at radius 3 is 1.53 bits per heavy atom. The van der Waals surface area contributed by atoms with Gasteiger partial charge in [0.2, 0.25) is 0 Å². The Bertz CT molecular complexity index is 291. The number of carbonyl (C=O) groups excluding carboxylic acids is 2. The third-order valence-electron chi connectivity index (χ3n) is 1.24. The van der Waals surface area contributed by atoms with E-state index in [-0.39, 0.29) is 0 Å². The van der Waals surface area contributed by atoms with Crippen LogP contribution in [-0.4, -0.2) is 47.7 Å². The Morgan fingerprint density at radius 1 is 0.941 bits per heavy atom. The molecule has 0 aromatic rings. The number of carboxylic acid groups (broad SMARTS) is 2. The average molecular weight is 250 g/mol. The predicted octanol–water partition coefficient (Wildman–Crippen LogP) is -1.05. The lowest BCUT2D eigenvalue weighted by Gasteiger charge is -2.14. The largest absolute Gasteiger partial charge is 0.481 e. The van der Waals surface area contributed by atoms with E-state index in [4.69, 9.17) is 10.2 Å². The van der Waals surface area contributed by atoms with Gasteiger partial charge in [-0.3, -0.25) is 19.2 Å². The number of hydrogen-bond acceptors (Lipinski definition) is 7. The van der Waals surface area contributed by atoms with Gasteiger partial charge in [-0.25, -0.2) is 0 Å². The minimum absolute atomic E-state index is 0.934. The Hall–Kier alpha value is -2.16. The lowest BCUT2D eigenvalue weighted by molar-refractivity contribution is -0.256. The maximum absolute atomic E-state index is 10.8. The van der Waals surface area contributed by atoms with Crippen LogP contribution in [-0.2, 0) is 33.4 Å². The van der Waals surface area contributed by atoms with Crippen LogP contribution in [0, 0.1) is 0 Å². The first-order valence-corrected chi connectivity index (χ1v) is 4.20. The molecule has 0 heterocycles. The van der Waals surface area contributed by atoms with Gasteiger partial charge in [-0.1, -0.05) is 0 Å². The molecule has 0 amide bonds. The average Bonchev–Trinajstić information content (AvgIpc) is 2.13. The predicted molar refractivity (Wildman–Crippen MR) is 47.5 cm³/mol. The molecule has 0 aliphatic heterocycles. The van der Waals surface area contributed by atoms with E-state index in [1.807, 2.05) is 0 Å². The van der Waals surface area contributed by atoms with E-state index < -0.39 is 43.2 Å². The van der Waals surface area contributed by atoms with E-state index in [1.54, 1.807) is 0 Å². The van der Waals surface area contributed by atoms with Gasteiger partial charge >= 0.3 is 30.4 Å². The lowest BCUT2D eigenvalue weighted by atomic mass is 10.4. The van der Waals surface area contributed by atoms with Gasteiger partial charge in [-0.05, 0) is 0 Å². The number of hydrogen-bond donors (Lipinski definition) is 2. The van der Waals surface area contributed by atoms with Crippen LogP contribution in [0.5, 0.6) is 0 Å². The zero-order chi connectivity index (χ0) is 13.4. The highest BCUT2D eigenvalue weighted by molar-refractivity contribution is 5.91. The highest BCUT2D eigenvalue weighted by Gasteiger charge is 2.21. The third kappa shape index (κ3) is 7.73. The summed E-state index contributed by atoms with van der Waals surface area (Å²) in [5.41, 5.74) is 0. The second kappa shape index (κ2) is 7.17. The van der Waals surface area contributed by atoms with E-state index >= 15 is 0 Å². The van der Waals surface area contributed by atoms with Crippen molar-refractivity contribution >= 4 is 23.9 Å². The number of carboxylic acids is 2. The summed E-state index contributed by atoms with van der Waals surface area (Å²) >= 11 is 0. The molecular formula is C8H10O9. The van der Waals surface area contributed by atoms with Gasteiger partial charge < -0.3 is 24.4 Å². The summed E-state index contributed by atoms with van der Waals surface area (Å²) in [4.78, 5) is 41.9. The van der Waals surface area contributed by atoms with Crippen molar-refractivity contribution in [2.75, 3.05) is 7.11 Å². The quantitative estimate of drug-likeness (QED) is 0.329. The number of ether oxygens (including phenoxy) is 3. The Morgan fingerprint density at radius 2 is 1.29 bits per heavy atom. The fraction of sp³-hybridized carbons (Fsp3) is 0.500. The molecule has 0 spiro atoms. The first kappa shape index (κ1) is 14.8. The number of aliphatic carboxylic acids is 2. The van der Waals surface area contributed by atoms with Crippen molar-refractivity contribution in [2.45, 2.75) is 19.3 Å². The molecule has 0 saturated carbocycles. The zero-order valence-corrected chi connectivity index (χ0v) is 8.74. The summed E-state index contributed by atoms with van der Waals surface area (Å²) in [6.45, 7) is -1.77. The molecule has 0 fully saturated rings. The molecule has 2 N–H and O–H groups in total. The topological polar surface area (TPSA) is 136 Å². The Balaban J connectivity index is 4.15. The van der Waals surface area contributed by atoms with Gasteiger partial charge in [0, 0.05) is 7.11 Å². The summed E-state index contributed by atoms with van der Waals surface area (Å²) in [6.07, 6.45) is -1.87. The van der Waals surface area contributed by atoms with Crippen molar-refractivity contribution < 1.29 is 43.6 Å². The van der Waals surface area contributed by atoms with Gasteiger partial charge in [0.25, 0.3) is 0 Å². The van der Waals surface area contributed by atoms with Crippen LogP contribution in [0.15, 0.2) is 0 Å². The molecule has 0 rings (SSSR count). The zero-order valence-electron chi connectivity index (χ0n) is 8.74. The maximum atomic E-state index is 10.8. The lowest BCUT2D eigenvalue weighted by Crippen LogP contribution is -2.28. The minimum Gasteiger partial charge on any atom is -0.481 e. The summed E-state index contributed by atoms with van der Waals surface area (Å²) in [6, 6.07) is 0. The summed E-state index contributed by atoms with van der Waals surface area (Å²) in [5, 5.41) is 16.5. The first-order valence-electron chi connectivity index (χ1n) is 4.20. The van der Waals surface area contributed by atoms with Gasteiger partial charge in [0.15, 0.2) is 0 Å². The van der Waals surface area contributed by atoms with Crippen molar-refractivity contribution in [2.24, 2.45) is 0 Å². The van der Waals surface area contributed by atoms with Crippen molar-refractivity contribution in [1.29, 1.82) is 0 Å². The molecule has 96 valence electrons. The molecule has 9 heteroatoms. The Labute approximate surface area is 94.9 Å². The molecular weight excluding hydrogens is 240 g/mol. The van der Waals surface area contributed by atoms with Crippen LogP contribution in [0.3, 0.4) is 0 Å². The molecule has 0 saturated heterocycles. The van der Waals surface area contributed by atoms with Crippen molar-refractivity contribution in [3.8, 4) is 0 Å². The third-order valence-corrected chi connectivity index (χ3v) is 1.24.